The third-order valence-corrected chi connectivity index (χ3v) is 4.56. The Morgan fingerprint density at radius 3 is 2.09 bits per heavy atom. The van der Waals surface area contributed by atoms with Gasteiger partial charge in [0.25, 0.3) is 0 Å². The average Bonchev–Trinajstić information content (AvgIpc) is 2.82. The molecule has 8 heteroatoms. The number of nitrogens with zero attached hydrogens (tertiary/aromatic N) is 2. The number of carbonyl (C=O) groups is 2. The Bertz CT molecular complexity index is 943. The van der Waals surface area contributed by atoms with Gasteiger partial charge in [-0.25, -0.2) is 9.59 Å². The quantitative estimate of drug-likeness (QED) is 0.223. The summed E-state index contributed by atoms with van der Waals surface area (Å²) in [5.41, 5.74) is 1.75. The van der Waals surface area contributed by atoms with Gasteiger partial charge in [0, 0.05) is 12.5 Å². The van der Waals surface area contributed by atoms with Gasteiger partial charge in [-0.15, -0.1) is 0 Å². The lowest BCUT2D eigenvalue weighted by Gasteiger charge is -2.17. The van der Waals surface area contributed by atoms with Gasteiger partial charge in [-0.05, 0) is 28.7 Å². The highest BCUT2D eigenvalue weighted by atomic mass is 127. The van der Waals surface area contributed by atoms with Crippen molar-refractivity contribution in [3.05, 3.63) is 96.3 Å². The predicted octanol–water partition coefficient (Wildman–Crippen LogP) is 0.192. The van der Waals surface area contributed by atoms with E-state index in [2.05, 4.69) is 10.4 Å². The molecule has 0 aliphatic carbocycles. The van der Waals surface area contributed by atoms with Crippen LogP contribution in [0.15, 0.2) is 85.2 Å². The molecule has 2 aromatic carbocycles. The molecule has 1 heterocycles. The molecular weight excluding hydrogens is 521 g/mol. The molecule has 168 valence electrons. The van der Waals surface area contributed by atoms with E-state index in [-0.39, 0.29) is 37.2 Å². The minimum Gasteiger partial charge on any atom is -1.00 e. The lowest BCUT2D eigenvalue weighted by Crippen LogP contribution is -3.00. The molecule has 3 rings (SSSR count). The topological polar surface area (TPSA) is 81.4 Å². The fraction of sp³-hybridized carbons (Fsp3) is 0.250. The van der Waals surface area contributed by atoms with E-state index >= 15 is 0 Å². The molecular formula is C24H26IN3O4. The number of esters is 1. The maximum Gasteiger partial charge on any atom is 0.408 e. The summed E-state index contributed by atoms with van der Waals surface area (Å²) >= 11 is 0. The van der Waals surface area contributed by atoms with Gasteiger partial charge in [-0.2, -0.15) is 0 Å². The molecule has 3 aromatic rings. The van der Waals surface area contributed by atoms with Crippen LogP contribution in [0.1, 0.15) is 24.0 Å². The molecule has 0 aliphatic heterocycles. The zero-order valence-electron chi connectivity index (χ0n) is 17.6. The van der Waals surface area contributed by atoms with Crippen molar-refractivity contribution >= 4 is 12.1 Å². The number of benzene rings is 2. The van der Waals surface area contributed by atoms with Crippen molar-refractivity contribution in [2.45, 2.75) is 38.6 Å². The number of rotatable bonds is 10. The average molecular weight is 547 g/mol. The Kier molecular flexibility index (Phi) is 11.1. The highest BCUT2D eigenvalue weighted by molar-refractivity contribution is 5.81. The van der Waals surface area contributed by atoms with Crippen LogP contribution >= 0.6 is 0 Å². The summed E-state index contributed by atoms with van der Waals surface area (Å²) in [5.74, 6) is -0.494. The van der Waals surface area contributed by atoms with Crippen molar-refractivity contribution in [3.63, 3.8) is 0 Å². The third-order valence-electron chi connectivity index (χ3n) is 4.56. The normalized spacial score (nSPS) is 11.0. The molecule has 1 N–H and O–H groups in total. The smallest absolute Gasteiger partial charge is 0.408 e. The maximum atomic E-state index is 12.7. The predicted molar refractivity (Wildman–Crippen MR) is 113 cm³/mol. The highest BCUT2D eigenvalue weighted by Gasteiger charge is 2.23. The molecule has 1 atom stereocenters. The minimum absolute atomic E-state index is 0. The number of ether oxygens (including phenoxy) is 2. The van der Waals surface area contributed by atoms with Crippen LogP contribution in [-0.4, -0.2) is 23.2 Å². The molecule has 7 nitrogen and oxygen atoms in total. The summed E-state index contributed by atoms with van der Waals surface area (Å²) in [5, 5.41) is 6.85. The van der Waals surface area contributed by atoms with E-state index in [1.54, 1.807) is 10.9 Å². The van der Waals surface area contributed by atoms with Crippen LogP contribution in [0.5, 0.6) is 0 Å². The van der Waals surface area contributed by atoms with E-state index < -0.39 is 18.1 Å². The number of hydrogen-bond acceptors (Lipinski definition) is 5. The van der Waals surface area contributed by atoms with Crippen molar-refractivity contribution in [2.75, 3.05) is 0 Å². The zero-order chi connectivity index (χ0) is 21.7. The number of amides is 1. The van der Waals surface area contributed by atoms with Crippen molar-refractivity contribution in [2.24, 2.45) is 0 Å². The van der Waals surface area contributed by atoms with Gasteiger partial charge < -0.3 is 38.8 Å². The van der Waals surface area contributed by atoms with Gasteiger partial charge in [-0.1, -0.05) is 65.3 Å². The Morgan fingerprint density at radius 2 is 1.50 bits per heavy atom. The summed E-state index contributed by atoms with van der Waals surface area (Å²) in [4.78, 5) is 24.9. The minimum atomic E-state index is -0.809. The van der Waals surface area contributed by atoms with Crippen molar-refractivity contribution in [3.8, 4) is 0 Å². The summed E-state index contributed by atoms with van der Waals surface area (Å²) in [7, 11) is 0. The standard InChI is InChI=1S/C24H25N3O4.HI/c28-23(30-18-20-10-3-1-4-11-20)22(14-9-17-27-16-8-7-15-25-27)26-24(29)31-19-21-12-5-2-6-13-21;/h1-8,10-13,15-16,22H,9,14,17-19H2;1H/t22-;/m0./s1. The molecule has 0 radical (unpaired) electrons. The number of hydrogen-bond donors (Lipinski definition) is 1. The number of carbonyl (C=O) groups excluding carboxylic acids is 2. The number of halogens is 1. The van der Waals surface area contributed by atoms with E-state index in [0.717, 1.165) is 11.1 Å². The van der Waals surface area contributed by atoms with Crippen molar-refractivity contribution < 1.29 is 47.7 Å². The van der Waals surface area contributed by atoms with Crippen LogP contribution < -0.4 is 34.0 Å². The van der Waals surface area contributed by atoms with Crippen LogP contribution in [-0.2, 0) is 34.0 Å². The van der Waals surface area contributed by atoms with Gasteiger partial charge >= 0.3 is 12.1 Å². The van der Waals surface area contributed by atoms with Crippen LogP contribution in [0.2, 0.25) is 0 Å². The second kappa shape index (κ2) is 14.1. The summed E-state index contributed by atoms with van der Waals surface area (Å²) in [6.07, 6.45) is 3.93. The van der Waals surface area contributed by atoms with Crippen molar-refractivity contribution in [1.29, 1.82) is 0 Å². The summed E-state index contributed by atoms with van der Waals surface area (Å²) < 4.78 is 12.5. The molecule has 1 amide bonds. The van der Waals surface area contributed by atoms with Gasteiger partial charge in [0.05, 0.1) is 6.20 Å². The first kappa shape index (κ1) is 25.3. The molecule has 0 saturated carbocycles. The second-order valence-corrected chi connectivity index (χ2v) is 6.96. The van der Waals surface area contributed by atoms with E-state index in [9.17, 15) is 9.59 Å². The molecule has 0 spiro atoms. The summed E-state index contributed by atoms with van der Waals surface area (Å²) in [6, 6.07) is 21.7. The maximum absolute atomic E-state index is 12.7. The molecule has 0 unspecified atom stereocenters. The first-order valence-electron chi connectivity index (χ1n) is 10.2. The van der Waals surface area contributed by atoms with E-state index in [1.807, 2.05) is 79.0 Å². The Balaban J connectivity index is 0.00000363. The van der Waals surface area contributed by atoms with Gasteiger partial charge in [0.2, 0.25) is 0 Å². The Hall–Kier alpha value is -3.01. The molecule has 0 saturated heterocycles. The fourth-order valence-corrected chi connectivity index (χ4v) is 2.94. The monoisotopic (exact) mass is 547 g/mol. The van der Waals surface area contributed by atoms with E-state index in [0.29, 0.717) is 19.4 Å². The van der Waals surface area contributed by atoms with Gasteiger partial charge in [0.15, 0.2) is 12.7 Å². The first-order chi connectivity index (χ1) is 15.2. The number of aryl methyl sites for hydroxylation is 1. The first-order valence-corrected chi connectivity index (χ1v) is 10.2. The largest absolute Gasteiger partial charge is 1.00 e. The van der Waals surface area contributed by atoms with E-state index in [1.165, 1.54) is 0 Å². The van der Waals surface area contributed by atoms with Crippen LogP contribution in [0.25, 0.3) is 0 Å². The number of aromatic nitrogens is 2. The molecule has 0 aliphatic rings. The lowest BCUT2D eigenvalue weighted by molar-refractivity contribution is -0.754. The van der Waals surface area contributed by atoms with Crippen LogP contribution in [0.3, 0.4) is 0 Å². The van der Waals surface area contributed by atoms with Crippen LogP contribution in [0.4, 0.5) is 4.79 Å². The molecule has 32 heavy (non-hydrogen) atoms. The van der Waals surface area contributed by atoms with Crippen LogP contribution in [0, 0.1) is 0 Å². The highest BCUT2D eigenvalue weighted by Crippen LogP contribution is 2.07. The Morgan fingerprint density at radius 1 is 0.875 bits per heavy atom. The SMILES string of the molecule is O=C(N[C@@H](CCC[n+]1ccccn1)C(=O)OCc1ccccc1)OCc1ccccc1.[I-]. The summed E-state index contributed by atoms with van der Waals surface area (Å²) in [6.45, 7) is 0.887. The molecule has 0 fully saturated rings. The van der Waals surface area contributed by atoms with Gasteiger partial charge in [0.1, 0.15) is 19.3 Å². The second-order valence-electron chi connectivity index (χ2n) is 6.96. The Labute approximate surface area is 204 Å². The van der Waals surface area contributed by atoms with Crippen molar-refractivity contribution in [1.82, 2.24) is 10.4 Å². The molecule has 0 bridgehead atoms. The number of alkyl carbamates (subject to hydrolysis) is 1. The van der Waals surface area contributed by atoms with Gasteiger partial charge in [-0.3, -0.25) is 0 Å². The third kappa shape index (κ3) is 9.01. The molecule has 1 aromatic heterocycles. The number of nitrogens with one attached hydrogen (secondary N) is 1. The van der Waals surface area contributed by atoms with E-state index in [4.69, 9.17) is 9.47 Å². The zero-order valence-corrected chi connectivity index (χ0v) is 19.8. The fourth-order valence-electron chi connectivity index (χ4n) is 2.94. The lowest BCUT2D eigenvalue weighted by atomic mass is 10.1.